The normalized spacial score (nSPS) is 15.8. The molecule has 21 heavy (non-hydrogen) atoms. The summed E-state index contributed by atoms with van der Waals surface area (Å²) in [6.07, 6.45) is 2.61. The standard InChI is InChI=1S/C17H16FNO2/c18-13-5-1-4-12(10-13)11-21-17-9-3-6-14-15(17)7-2-8-16(14)19-20/h1,3-6,9-10,20H,2,7-8,11H2. The fourth-order valence-corrected chi connectivity index (χ4v) is 2.69. The minimum absolute atomic E-state index is 0.263. The van der Waals surface area contributed by atoms with E-state index < -0.39 is 0 Å². The molecule has 0 radical (unpaired) electrons. The lowest BCUT2D eigenvalue weighted by Gasteiger charge is -2.20. The molecule has 1 aliphatic rings. The van der Waals surface area contributed by atoms with Crippen LogP contribution in [-0.4, -0.2) is 10.9 Å². The van der Waals surface area contributed by atoms with Gasteiger partial charge in [0.1, 0.15) is 18.2 Å². The zero-order chi connectivity index (χ0) is 14.7. The molecule has 108 valence electrons. The minimum Gasteiger partial charge on any atom is -0.489 e. The Morgan fingerprint density at radius 2 is 2.00 bits per heavy atom. The summed E-state index contributed by atoms with van der Waals surface area (Å²) in [4.78, 5) is 0. The third-order valence-corrected chi connectivity index (χ3v) is 3.69. The van der Waals surface area contributed by atoms with Crippen molar-refractivity contribution in [3.63, 3.8) is 0 Å². The number of ether oxygens (including phenoxy) is 1. The van der Waals surface area contributed by atoms with Crippen LogP contribution in [0.1, 0.15) is 29.5 Å². The van der Waals surface area contributed by atoms with Gasteiger partial charge in [-0.2, -0.15) is 0 Å². The average molecular weight is 285 g/mol. The number of fused-ring (bicyclic) bond motifs is 1. The van der Waals surface area contributed by atoms with Crippen LogP contribution in [0.3, 0.4) is 0 Å². The van der Waals surface area contributed by atoms with Gasteiger partial charge in [-0.25, -0.2) is 4.39 Å². The lowest BCUT2D eigenvalue weighted by molar-refractivity contribution is 0.301. The van der Waals surface area contributed by atoms with E-state index in [9.17, 15) is 4.39 Å². The van der Waals surface area contributed by atoms with E-state index in [-0.39, 0.29) is 5.82 Å². The molecule has 3 rings (SSSR count). The van der Waals surface area contributed by atoms with E-state index in [2.05, 4.69) is 5.16 Å². The monoisotopic (exact) mass is 285 g/mol. The van der Waals surface area contributed by atoms with Crippen molar-refractivity contribution in [2.24, 2.45) is 5.16 Å². The predicted molar refractivity (Wildman–Crippen MR) is 78.4 cm³/mol. The molecule has 4 heteroatoms. The molecule has 0 aromatic heterocycles. The molecule has 0 fully saturated rings. The highest BCUT2D eigenvalue weighted by Gasteiger charge is 2.19. The number of oxime groups is 1. The number of hydrogen-bond donors (Lipinski definition) is 1. The highest BCUT2D eigenvalue weighted by atomic mass is 19.1. The van der Waals surface area contributed by atoms with Crippen LogP contribution in [0.5, 0.6) is 5.75 Å². The molecule has 0 saturated carbocycles. The van der Waals surface area contributed by atoms with Gasteiger partial charge in [-0.15, -0.1) is 0 Å². The molecule has 1 N–H and O–H groups in total. The van der Waals surface area contributed by atoms with Crippen molar-refractivity contribution in [1.82, 2.24) is 0 Å². The summed E-state index contributed by atoms with van der Waals surface area (Å²) in [5.41, 5.74) is 3.50. The Morgan fingerprint density at radius 1 is 1.14 bits per heavy atom. The number of halogens is 1. The molecule has 1 aliphatic carbocycles. The van der Waals surface area contributed by atoms with Gasteiger partial charge in [-0.3, -0.25) is 0 Å². The van der Waals surface area contributed by atoms with Gasteiger partial charge in [-0.1, -0.05) is 29.4 Å². The van der Waals surface area contributed by atoms with Gasteiger partial charge in [-0.05, 0) is 43.0 Å². The first-order valence-electron chi connectivity index (χ1n) is 6.98. The molecule has 0 spiro atoms. The Morgan fingerprint density at radius 3 is 2.81 bits per heavy atom. The van der Waals surface area contributed by atoms with Crippen molar-refractivity contribution >= 4 is 5.71 Å². The van der Waals surface area contributed by atoms with Crippen LogP contribution in [0, 0.1) is 5.82 Å². The Bertz CT molecular complexity index is 682. The first-order chi connectivity index (χ1) is 10.3. The van der Waals surface area contributed by atoms with Crippen molar-refractivity contribution in [3.05, 3.63) is 65.0 Å². The van der Waals surface area contributed by atoms with Crippen molar-refractivity contribution in [1.29, 1.82) is 0 Å². The van der Waals surface area contributed by atoms with E-state index >= 15 is 0 Å². The summed E-state index contributed by atoms with van der Waals surface area (Å²) in [5, 5.41) is 12.4. The van der Waals surface area contributed by atoms with E-state index in [4.69, 9.17) is 9.94 Å². The minimum atomic E-state index is -0.263. The Hall–Kier alpha value is -2.36. The first kappa shape index (κ1) is 13.6. The largest absolute Gasteiger partial charge is 0.489 e. The maximum absolute atomic E-state index is 13.2. The van der Waals surface area contributed by atoms with Gasteiger partial charge < -0.3 is 9.94 Å². The molecule has 0 unspecified atom stereocenters. The number of benzene rings is 2. The zero-order valence-electron chi connectivity index (χ0n) is 11.6. The maximum Gasteiger partial charge on any atom is 0.123 e. The van der Waals surface area contributed by atoms with Gasteiger partial charge in [0.25, 0.3) is 0 Å². The third kappa shape index (κ3) is 2.89. The molecular formula is C17H16FNO2. The predicted octanol–water partition coefficient (Wildman–Crippen LogP) is 3.92. The average Bonchev–Trinajstić information content (AvgIpc) is 2.52. The van der Waals surface area contributed by atoms with Crippen LogP contribution in [0.4, 0.5) is 4.39 Å². The SMILES string of the molecule is ON=C1CCCc2c(OCc3cccc(F)c3)cccc21. The van der Waals surface area contributed by atoms with E-state index in [1.807, 2.05) is 24.3 Å². The molecule has 0 amide bonds. The van der Waals surface area contributed by atoms with Crippen LogP contribution in [0.25, 0.3) is 0 Å². The summed E-state index contributed by atoms with van der Waals surface area (Å²) in [6, 6.07) is 12.1. The van der Waals surface area contributed by atoms with Crippen LogP contribution in [0.2, 0.25) is 0 Å². The Labute approximate surface area is 122 Å². The molecule has 0 heterocycles. The first-order valence-corrected chi connectivity index (χ1v) is 6.98. The molecule has 0 atom stereocenters. The van der Waals surface area contributed by atoms with Crippen molar-refractivity contribution in [2.45, 2.75) is 25.9 Å². The van der Waals surface area contributed by atoms with Gasteiger partial charge >= 0.3 is 0 Å². The van der Waals surface area contributed by atoms with Crippen molar-refractivity contribution < 1.29 is 14.3 Å². The van der Waals surface area contributed by atoms with E-state index in [0.717, 1.165) is 41.7 Å². The topological polar surface area (TPSA) is 41.8 Å². The van der Waals surface area contributed by atoms with Gasteiger partial charge in [0, 0.05) is 11.1 Å². The third-order valence-electron chi connectivity index (χ3n) is 3.69. The second-order valence-corrected chi connectivity index (χ2v) is 5.10. The Kier molecular flexibility index (Phi) is 3.86. The molecule has 0 bridgehead atoms. The van der Waals surface area contributed by atoms with Crippen LogP contribution < -0.4 is 4.74 Å². The fraction of sp³-hybridized carbons (Fsp3) is 0.235. The molecule has 3 nitrogen and oxygen atoms in total. The van der Waals surface area contributed by atoms with E-state index in [0.29, 0.717) is 12.3 Å². The van der Waals surface area contributed by atoms with Crippen LogP contribution in [0.15, 0.2) is 47.6 Å². The fourth-order valence-electron chi connectivity index (χ4n) is 2.69. The summed E-state index contributed by atoms with van der Waals surface area (Å²) in [6.45, 7) is 0.319. The van der Waals surface area contributed by atoms with Crippen LogP contribution in [-0.2, 0) is 13.0 Å². The van der Waals surface area contributed by atoms with Crippen molar-refractivity contribution in [3.8, 4) is 5.75 Å². The summed E-state index contributed by atoms with van der Waals surface area (Å²) < 4.78 is 19.0. The Balaban J connectivity index is 1.83. The highest BCUT2D eigenvalue weighted by molar-refractivity contribution is 6.02. The second kappa shape index (κ2) is 5.95. The van der Waals surface area contributed by atoms with Gasteiger partial charge in [0.15, 0.2) is 0 Å². The maximum atomic E-state index is 13.2. The molecule has 0 aliphatic heterocycles. The highest BCUT2D eigenvalue weighted by Crippen LogP contribution is 2.30. The summed E-state index contributed by atoms with van der Waals surface area (Å²) in [7, 11) is 0. The molecule has 2 aromatic rings. The van der Waals surface area contributed by atoms with Gasteiger partial charge in [0.05, 0.1) is 5.71 Å². The quantitative estimate of drug-likeness (QED) is 0.686. The number of hydrogen-bond acceptors (Lipinski definition) is 3. The van der Waals surface area contributed by atoms with Crippen molar-refractivity contribution in [2.75, 3.05) is 0 Å². The number of rotatable bonds is 3. The molecule has 2 aromatic carbocycles. The zero-order valence-corrected chi connectivity index (χ0v) is 11.6. The second-order valence-electron chi connectivity index (χ2n) is 5.10. The van der Waals surface area contributed by atoms with E-state index in [1.165, 1.54) is 12.1 Å². The van der Waals surface area contributed by atoms with Crippen LogP contribution >= 0.6 is 0 Å². The lowest BCUT2D eigenvalue weighted by Crippen LogP contribution is -2.13. The smallest absolute Gasteiger partial charge is 0.123 e. The lowest BCUT2D eigenvalue weighted by atomic mass is 9.89. The summed E-state index contributed by atoms with van der Waals surface area (Å²) in [5.74, 6) is 0.513. The van der Waals surface area contributed by atoms with Gasteiger partial charge in [0.2, 0.25) is 0 Å². The summed E-state index contributed by atoms with van der Waals surface area (Å²) >= 11 is 0. The number of nitrogens with zero attached hydrogens (tertiary/aromatic N) is 1. The molecular weight excluding hydrogens is 269 g/mol. The molecule has 0 saturated heterocycles. The van der Waals surface area contributed by atoms with E-state index in [1.54, 1.807) is 6.07 Å².